The molecule has 0 bridgehead atoms. The second kappa shape index (κ2) is 11.0. The number of hydrogen-bond acceptors (Lipinski definition) is 6. The number of nitrogens with one attached hydrogen (secondary N) is 3. The first-order valence-corrected chi connectivity index (χ1v) is 9.80. The lowest BCUT2D eigenvalue weighted by Gasteiger charge is -2.15. The summed E-state index contributed by atoms with van der Waals surface area (Å²) < 4.78 is 16.3. The number of benzene rings is 1. The van der Waals surface area contributed by atoms with E-state index in [9.17, 15) is 0 Å². The molecule has 0 aliphatic heterocycles. The molecule has 9 heteroatoms. The second-order valence-electron chi connectivity index (χ2n) is 6.67. The molecule has 30 heavy (non-hydrogen) atoms. The smallest absolute Gasteiger partial charge is 0.216 e. The van der Waals surface area contributed by atoms with Crippen LogP contribution < -0.4 is 15.4 Å². The summed E-state index contributed by atoms with van der Waals surface area (Å²) >= 11 is 0. The van der Waals surface area contributed by atoms with Crippen molar-refractivity contribution in [3.63, 3.8) is 0 Å². The second-order valence-corrected chi connectivity index (χ2v) is 6.67. The van der Waals surface area contributed by atoms with Crippen molar-refractivity contribution < 1.29 is 13.9 Å². The van der Waals surface area contributed by atoms with Gasteiger partial charge in [-0.15, -0.1) is 5.10 Å². The normalized spacial score (nSPS) is 11.5. The largest absolute Gasteiger partial charge is 0.493 e. The summed E-state index contributed by atoms with van der Waals surface area (Å²) in [5.74, 6) is 3.35. The molecule has 3 rings (SSSR count). The Morgan fingerprint density at radius 1 is 1.20 bits per heavy atom. The van der Waals surface area contributed by atoms with Gasteiger partial charge >= 0.3 is 0 Å². The Balaban J connectivity index is 1.53. The van der Waals surface area contributed by atoms with E-state index in [2.05, 4.69) is 42.9 Å². The van der Waals surface area contributed by atoms with Crippen LogP contribution in [0.25, 0.3) is 11.6 Å². The lowest BCUT2D eigenvalue weighted by molar-refractivity contribution is 0.171. The van der Waals surface area contributed by atoms with Crippen molar-refractivity contribution in [2.45, 2.75) is 26.4 Å². The molecule has 9 nitrogen and oxygen atoms in total. The molecular formula is C21H28N6O3. The molecule has 0 unspecified atom stereocenters. The van der Waals surface area contributed by atoms with Crippen LogP contribution in [-0.2, 0) is 17.8 Å². The zero-order valence-corrected chi connectivity index (χ0v) is 17.6. The number of rotatable bonds is 10. The molecule has 3 aromatic rings. The van der Waals surface area contributed by atoms with Crippen LogP contribution in [0.5, 0.6) is 5.75 Å². The predicted octanol–water partition coefficient (Wildman–Crippen LogP) is 2.65. The standard InChI is InChI=1S/C21H28N6O3/c1-15-7-8-16(18(12-15)30-11-5-9-28-3)13-23-21(22-2)24-14-19-25-20(27-26-19)17-6-4-10-29-17/h4,6-8,10,12H,5,9,11,13-14H2,1-3H3,(H2,22,23,24)(H,25,26,27). The van der Waals surface area contributed by atoms with E-state index >= 15 is 0 Å². The summed E-state index contributed by atoms with van der Waals surface area (Å²) in [6.07, 6.45) is 2.44. The first kappa shape index (κ1) is 21.4. The molecule has 0 saturated carbocycles. The molecule has 2 heterocycles. The first-order chi connectivity index (χ1) is 14.7. The third-order valence-electron chi connectivity index (χ3n) is 4.34. The van der Waals surface area contributed by atoms with E-state index in [1.807, 2.05) is 19.1 Å². The Bertz CT molecular complexity index is 936. The fourth-order valence-electron chi connectivity index (χ4n) is 2.78. The molecular weight excluding hydrogens is 384 g/mol. The van der Waals surface area contributed by atoms with Gasteiger partial charge in [-0.25, -0.2) is 4.98 Å². The van der Waals surface area contributed by atoms with Crippen LogP contribution in [0.4, 0.5) is 0 Å². The minimum atomic E-state index is 0.446. The third kappa shape index (κ3) is 6.08. The molecule has 1 aromatic carbocycles. The number of furan rings is 1. The molecule has 0 saturated heterocycles. The van der Waals surface area contributed by atoms with Crippen molar-refractivity contribution in [2.75, 3.05) is 27.4 Å². The van der Waals surface area contributed by atoms with Crippen LogP contribution in [0.15, 0.2) is 46.0 Å². The molecule has 3 N–H and O–H groups in total. The van der Waals surface area contributed by atoms with E-state index in [0.29, 0.717) is 49.7 Å². The maximum absolute atomic E-state index is 5.94. The van der Waals surface area contributed by atoms with Crippen molar-refractivity contribution in [3.05, 3.63) is 53.5 Å². The third-order valence-corrected chi connectivity index (χ3v) is 4.34. The molecule has 0 aliphatic carbocycles. The lowest BCUT2D eigenvalue weighted by atomic mass is 10.1. The quantitative estimate of drug-likeness (QED) is 0.267. The molecule has 2 aromatic heterocycles. The fourth-order valence-corrected chi connectivity index (χ4v) is 2.78. The molecule has 160 valence electrons. The van der Waals surface area contributed by atoms with Gasteiger partial charge < -0.3 is 24.5 Å². The number of ether oxygens (including phenoxy) is 2. The van der Waals surface area contributed by atoms with E-state index in [4.69, 9.17) is 13.9 Å². The number of aromatic amines is 1. The van der Waals surface area contributed by atoms with E-state index in [1.54, 1.807) is 26.5 Å². The summed E-state index contributed by atoms with van der Waals surface area (Å²) in [4.78, 5) is 8.68. The van der Waals surface area contributed by atoms with E-state index in [1.165, 1.54) is 0 Å². The topological polar surface area (TPSA) is 110 Å². The highest BCUT2D eigenvalue weighted by molar-refractivity contribution is 5.79. The van der Waals surface area contributed by atoms with Gasteiger partial charge in [-0.05, 0) is 30.7 Å². The minimum absolute atomic E-state index is 0.446. The monoisotopic (exact) mass is 412 g/mol. The summed E-state index contributed by atoms with van der Waals surface area (Å²) in [6, 6.07) is 9.80. The van der Waals surface area contributed by atoms with Gasteiger partial charge in [-0.2, -0.15) is 0 Å². The molecule has 0 aliphatic rings. The van der Waals surface area contributed by atoms with Crippen LogP contribution in [0.2, 0.25) is 0 Å². The predicted molar refractivity (Wildman–Crippen MR) is 114 cm³/mol. The Morgan fingerprint density at radius 3 is 2.83 bits per heavy atom. The van der Waals surface area contributed by atoms with Gasteiger partial charge in [0.2, 0.25) is 5.82 Å². The van der Waals surface area contributed by atoms with Gasteiger partial charge in [0.15, 0.2) is 11.7 Å². The van der Waals surface area contributed by atoms with E-state index < -0.39 is 0 Å². The minimum Gasteiger partial charge on any atom is -0.493 e. The van der Waals surface area contributed by atoms with Crippen LogP contribution in [0, 0.1) is 6.92 Å². The van der Waals surface area contributed by atoms with Crippen LogP contribution in [-0.4, -0.2) is 48.5 Å². The van der Waals surface area contributed by atoms with E-state index in [-0.39, 0.29) is 0 Å². The van der Waals surface area contributed by atoms with Crippen molar-refractivity contribution in [3.8, 4) is 17.3 Å². The highest BCUT2D eigenvalue weighted by Gasteiger charge is 2.10. The van der Waals surface area contributed by atoms with Gasteiger partial charge in [-0.1, -0.05) is 12.1 Å². The highest BCUT2D eigenvalue weighted by atomic mass is 16.5. The maximum atomic E-state index is 5.94. The number of aliphatic imine (C=N–C) groups is 1. The molecule has 0 spiro atoms. The van der Waals surface area contributed by atoms with Gasteiger partial charge in [0.1, 0.15) is 11.6 Å². The number of hydrogen-bond donors (Lipinski definition) is 3. The zero-order chi connectivity index (χ0) is 21.2. The number of aromatic nitrogens is 3. The Labute approximate surface area is 175 Å². The molecule has 0 radical (unpaired) electrons. The number of aryl methyl sites for hydroxylation is 1. The van der Waals surface area contributed by atoms with Crippen molar-refractivity contribution in [1.82, 2.24) is 25.8 Å². The average Bonchev–Trinajstić information content (AvgIpc) is 3.44. The Kier molecular flexibility index (Phi) is 7.85. The summed E-state index contributed by atoms with van der Waals surface area (Å²) in [5.41, 5.74) is 2.21. The van der Waals surface area contributed by atoms with Gasteiger partial charge in [0.25, 0.3) is 0 Å². The SMILES string of the molecule is CN=C(NCc1nc(-c2ccco2)n[nH]1)NCc1ccc(C)cc1OCCCOC. The van der Waals surface area contributed by atoms with Crippen LogP contribution >= 0.6 is 0 Å². The van der Waals surface area contributed by atoms with Gasteiger partial charge in [0.05, 0.1) is 19.4 Å². The first-order valence-electron chi connectivity index (χ1n) is 9.80. The van der Waals surface area contributed by atoms with Crippen molar-refractivity contribution in [2.24, 2.45) is 4.99 Å². The number of nitrogens with zero attached hydrogens (tertiary/aromatic N) is 3. The van der Waals surface area contributed by atoms with Crippen LogP contribution in [0.3, 0.4) is 0 Å². The fraction of sp³-hybridized carbons (Fsp3) is 0.381. The number of guanidine groups is 1. The molecule has 0 atom stereocenters. The Hall–Kier alpha value is -3.33. The van der Waals surface area contributed by atoms with E-state index in [0.717, 1.165) is 23.3 Å². The summed E-state index contributed by atoms with van der Waals surface area (Å²) in [5, 5.41) is 13.6. The van der Waals surface area contributed by atoms with Crippen LogP contribution in [0.1, 0.15) is 23.4 Å². The molecule has 0 amide bonds. The summed E-state index contributed by atoms with van der Waals surface area (Å²) in [6.45, 7) is 4.36. The highest BCUT2D eigenvalue weighted by Crippen LogP contribution is 2.20. The average molecular weight is 412 g/mol. The van der Waals surface area contributed by atoms with Gasteiger partial charge in [0, 0.05) is 39.3 Å². The molecule has 0 fully saturated rings. The number of methoxy groups -OCH3 is 1. The number of H-pyrrole nitrogens is 1. The lowest BCUT2D eigenvalue weighted by Crippen LogP contribution is -2.36. The van der Waals surface area contributed by atoms with Crippen molar-refractivity contribution >= 4 is 5.96 Å². The Morgan fingerprint density at radius 2 is 2.07 bits per heavy atom. The maximum Gasteiger partial charge on any atom is 0.216 e. The zero-order valence-electron chi connectivity index (χ0n) is 17.6. The van der Waals surface area contributed by atoms with Crippen molar-refractivity contribution in [1.29, 1.82) is 0 Å². The van der Waals surface area contributed by atoms with Gasteiger partial charge in [-0.3, -0.25) is 10.1 Å². The summed E-state index contributed by atoms with van der Waals surface area (Å²) in [7, 11) is 3.42.